The van der Waals surface area contributed by atoms with Gasteiger partial charge < -0.3 is 10.1 Å². The van der Waals surface area contributed by atoms with Crippen LogP contribution < -0.4 is 10.6 Å². The summed E-state index contributed by atoms with van der Waals surface area (Å²) in [5.41, 5.74) is 0.170. The standard InChI is InChI=1S/C15H14ClN3O4S/c16-12-8-10(3-5-17-12)14(21)23-9-13(20)19-15(22)18-6-4-11-2-1-7-24-11/h1-3,5,7-8H,4,6,9H2,(H2,18,19,20,22). The number of aromatic nitrogens is 1. The van der Waals surface area contributed by atoms with Gasteiger partial charge in [0.05, 0.1) is 5.56 Å². The number of pyridine rings is 1. The molecule has 0 spiro atoms. The zero-order valence-corrected chi connectivity index (χ0v) is 14.0. The Hall–Kier alpha value is -2.45. The molecule has 0 aliphatic carbocycles. The minimum atomic E-state index is -0.729. The van der Waals surface area contributed by atoms with Crippen LogP contribution in [0.15, 0.2) is 35.8 Å². The second kappa shape index (κ2) is 8.99. The van der Waals surface area contributed by atoms with Crippen LogP contribution in [-0.4, -0.2) is 36.0 Å². The molecule has 0 aliphatic heterocycles. The van der Waals surface area contributed by atoms with E-state index in [9.17, 15) is 14.4 Å². The molecule has 9 heteroatoms. The van der Waals surface area contributed by atoms with E-state index in [2.05, 4.69) is 15.6 Å². The molecule has 0 radical (unpaired) electrons. The van der Waals surface area contributed by atoms with Gasteiger partial charge in [0, 0.05) is 17.6 Å². The van der Waals surface area contributed by atoms with E-state index < -0.39 is 24.5 Å². The first-order valence-corrected chi connectivity index (χ1v) is 8.19. The van der Waals surface area contributed by atoms with Crippen LogP contribution >= 0.6 is 22.9 Å². The summed E-state index contributed by atoms with van der Waals surface area (Å²) in [4.78, 5) is 39.7. The number of imide groups is 1. The number of halogens is 1. The highest BCUT2D eigenvalue weighted by molar-refractivity contribution is 7.09. The fraction of sp³-hybridized carbons (Fsp3) is 0.200. The molecule has 0 aliphatic rings. The molecule has 0 unspecified atom stereocenters. The number of esters is 1. The van der Waals surface area contributed by atoms with Crippen LogP contribution in [-0.2, 0) is 16.0 Å². The zero-order chi connectivity index (χ0) is 17.4. The smallest absolute Gasteiger partial charge is 0.338 e. The van der Waals surface area contributed by atoms with Crippen molar-refractivity contribution in [3.63, 3.8) is 0 Å². The lowest BCUT2D eigenvalue weighted by atomic mass is 10.3. The van der Waals surface area contributed by atoms with Crippen LogP contribution in [0.25, 0.3) is 0 Å². The number of rotatable bonds is 6. The van der Waals surface area contributed by atoms with Gasteiger partial charge in [0.15, 0.2) is 6.61 Å². The van der Waals surface area contributed by atoms with Crippen LogP contribution in [0.4, 0.5) is 4.79 Å². The largest absolute Gasteiger partial charge is 0.452 e. The third-order valence-electron chi connectivity index (χ3n) is 2.79. The Kier molecular flexibility index (Phi) is 6.71. The summed E-state index contributed by atoms with van der Waals surface area (Å²) < 4.78 is 4.79. The number of ether oxygens (including phenoxy) is 1. The molecule has 7 nitrogen and oxygen atoms in total. The van der Waals surface area contributed by atoms with Crippen LogP contribution in [0, 0.1) is 0 Å². The molecule has 0 aromatic carbocycles. The number of urea groups is 1. The highest BCUT2D eigenvalue weighted by atomic mass is 35.5. The number of carbonyl (C=O) groups is 3. The number of thiophene rings is 1. The molecule has 0 saturated carbocycles. The van der Waals surface area contributed by atoms with Crippen molar-refractivity contribution in [1.82, 2.24) is 15.6 Å². The molecule has 0 saturated heterocycles. The molecule has 2 aromatic heterocycles. The van der Waals surface area contributed by atoms with Crippen LogP contribution in [0.1, 0.15) is 15.2 Å². The summed E-state index contributed by atoms with van der Waals surface area (Å²) in [6.07, 6.45) is 2.02. The van der Waals surface area contributed by atoms with Crippen molar-refractivity contribution < 1.29 is 19.1 Å². The second-order valence-corrected chi connectivity index (χ2v) is 6.00. The third-order valence-corrected chi connectivity index (χ3v) is 3.93. The Labute approximate surface area is 147 Å². The lowest BCUT2D eigenvalue weighted by Crippen LogP contribution is -2.42. The zero-order valence-electron chi connectivity index (χ0n) is 12.5. The predicted molar refractivity (Wildman–Crippen MR) is 89.1 cm³/mol. The summed E-state index contributed by atoms with van der Waals surface area (Å²) >= 11 is 7.24. The van der Waals surface area contributed by atoms with Gasteiger partial charge in [-0.3, -0.25) is 10.1 Å². The molecular formula is C15H14ClN3O4S. The van der Waals surface area contributed by atoms with E-state index in [0.717, 1.165) is 4.88 Å². The summed E-state index contributed by atoms with van der Waals surface area (Å²) in [6.45, 7) is -0.175. The topological polar surface area (TPSA) is 97.4 Å². The molecule has 2 N–H and O–H groups in total. The Morgan fingerprint density at radius 2 is 2.12 bits per heavy atom. The van der Waals surface area contributed by atoms with Crippen molar-refractivity contribution in [2.75, 3.05) is 13.2 Å². The van der Waals surface area contributed by atoms with Crippen LogP contribution in [0.2, 0.25) is 5.15 Å². The SMILES string of the molecule is O=C(COC(=O)c1ccnc(Cl)c1)NC(=O)NCCc1cccs1. The molecule has 0 atom stereocenters. The van der Waals surface area contributed by atoms with Crippen molar-refractivity contribution in [1.29, 1.82) is 0 Å². The van der Waals surface area contributed by atoms with Gasteiger partial charge in [-0.25, -0.2) is 14.6 Å². The van der Waals surface area contributed by atoms with Gasteiger partial charge >= 0.3 is 12.0 Å². The molecule has 0 fully saturated rings. The van der Waals surface area contributed by atoms with Gasteiger partial charge in [0.25, 0.3) is 5.91 Å². The molecule has 2 heterocycles. The average molecular weight is 368 g/mol. The van der Waals surface area contributed by atoms with E-state index in [1.165, 1.54) is 18.3 Å². The van der Waals surface area contributed by atoms with Crippen molar-refractivity contribution in [3.8, 4) is 0 Å². The van der Waals surface area contributed by atoms with Crippen molar-refractivity contribution >= 4 is 40.8 Å². The first-order valence-electron chi connectivity index (χ1n) is 6.93. The van der Waals surface area contributed by atoms with Crippen molar-refractivity contribution in [3.05, 3.63) is 51.4 Å². The third kappa shape index (κ3) is 5.98. The van der Waals surface area contributed by atoms with Gasteiger partial charge in [-0.05, 0) is 30.0 Å². The molecule has 2 aromatic rings. The van der Waals surface area contributed by atoms with Gasteiger partial charge in [-0.1, -0.05) is 17.7 Å². The number of hydrogen-bond acceptors (Lipinski definition) is 6. The average Bonchev–Trinajstić information content (AvgIpc) is 3.06. The molecule has 0 bridgehead atoms. The summed E-state index contributed by atoms with van der Waals surface area (Å²) in [5, 5.41) is 6.71. The van der Waals surface area contributed by atoms with E-state index in [1.54, 1.807) is 11.3 Å². The lowest BCUT2D eigenvalue weighted by molar-refractivity contribution is -0.123. The number of nitrogens with zero attached hydrogens (tertiary/aromatic N) is 1. The maximum absolute atomic E-state index is 11.7. The van der Waals surface area contributed by atoms with Gasteiger partial charge in [-0.2, -0.15) is 0 Å². The Balaban J connectivity index is 1.67. The summed E-state index contributed by atoms with van der Waals surface area (Å²) in [7, 11) is 0. The minimum Gasteiger partial charge on any atom is -0.452 e. The van der Waals surface area contributed by atoms with Gasteiger partial charge in [0.1, 0.15) is 5.15 Å². The maximum atomic E-state index is 11.7. The van der Waals surface area contributed by atoms with Crippen LogP contribution in [0.5, 0.6) is 0 Å². The number of amides is 3. The molecule has 24 heavy (non-hydrogen) atoms. The molecular weight excluding hydrogens is 354 g/mol. The Bertz CT molecular complexity index is 721. The lowest BCUT2D eigenvalue weighted by Gasteiger charge is -2.07. The fourth-order valence-corrected chi connectivity index (χ4v) is 2.59. The van der Waals surface area contributed by atoms with Crippen molar-refractivity contribution in [2.24, 2.45) is 0 Å². The number of hydrogen-bond donors (Lipinski definition) is 2. The van der Waals surface area contributed by atoms with Crippen LogP contribution in [0.3, 0.4) is 0 Å². The fourth-order valence-electron chi connectivity index (χ4n) is 1.70. The predicted octanol–water partition coefficient (Wildman–Crippen LogP) is 2.02. The first kappa shape index (κ1) is 17.9. The molecule has 2 rings (SSSR count). The van der Waals surface area contributed by atoms with E-state index in [4.69, 9.17) is 16.3 Å². The quantitative estimate of drug-likeness (QED) is 0.601. The highest BCUT2D eigenvalue weighted by Gasteiger charge is 2.12. The van der Waals surface area contributed by atoms with Crippen molar-refractivity contribution in [2.45, 2.75) is 6.42 Å². The summed E-state index contributed by atoms with van der Waals surface area (Å²) in [6, 6.07) is 5.97. The van der Waals surface area contributed by atoms with E-state index >= 15 is 0 Å². The van der Waals surface area contributed by atoms with E-state index in [0.29, 0.717) is 13.0 Å². The summed E-state index contributed by atoms with van der Waals surface area (Å²) in [5.74, 6) is -1.45. The monoisotopic (exact) mass is 367 g/mol. The maximum Gasteiger partial charge on any atom is 0.338 e. The molecule has 126 valence electrons. The van der Waals surface area contributed by atoms with E-state index in [1.807, 2.05) is 17.5 Å². The minimum absolute atomic E-state index is 0.138. The van der Waals surface area contributed by atoms with Gasteiger partial charge in [-0.15, -0.1) is 11.3 Å². The Morgan fingerprint density at radius 3 is 2.83 bits per heavy atom. The van der Waals surface area contributed by atoms with E-state index in [-0.39, 0.29) is 10.7 Å². The Morgan fingerprint density at radius 1 is 1.29 bits per heavy atom. The second-order valence-electron chi connectivity index (χ2n) is 4.58. The first-order chi connectivity index (χ1) is 11.5. The highest BCUT2D eigenvalue weighted by Crippen LogP contribution is 2.08. The molecule has 3 amide bonds. The van der Waals surface area contributed by atoms with Gasteiger partial charge in [0.2, 0.25) is 0 Å². The normalized spacial score (nSPS) is 10.0. The number of nitrogens with one attached hydrogen (secondary N) is 2. The number of carbonyl (C=O) groups excluding carboxylic acids is 3.